The number of aromatic nitrogens is 6. The number of amides is 1. The molecule has 184 valence electrons. The van der Waals surface area contributed by atoms with Crippen LogP contribution < -0.4 is 0 Å². The summed E-state index contributed by atoms with van der Waals surface area (Å²) in [5, 5.41) is 9.01. The first-order valence-electron chi connectivity index (χ1n) is 11.6. The second kappa shape index (κ2) is 8.52. The average Bonchev–Trinajstić information content (AvgIpc) is 3.59. The van der Waals surface area contributed by atoms with Crippen LogP contribution >= 0.6 is 0 Å². The van der Waals surface area contributed by atoms with Crippen LogP contribution in [0.1, 0.15) is 51.0 Å². The lowest BCUT2D eigenvalue weighted by atomic mass is 9.98. The molecule has 0 bridgehead atoms. The van der Waals surface area contributed by atoms with E-state index in [1.54, 1.807) is 40.3 Å². The molecule has 1 atom stereocenters. The number of hydrogen-bond donors (Lipinski definition) is 1. The SMILES string of the molecule is CN(C)Cc1ccc2c(C(=O)N3CCc4[nH]cnc4C3c3cc4c(C(F)F)cccn4n3)cnn2c1. The van der Waals surface area contributed by atoms with Crippen LogP contribution in [0.2, 0.25) is 0 Å². The van der Waals surface area contributed by atoms with Crippen LogP contribution in [-0.2, 0) is 13.0 Å². The van der Waals surface area contributed by atoms with Gasteiger partial charge in [0.25, 0.3) is 12.3 Å². The maximum atomic E-state index is 13.9. The molecule has 1 aliphatic rings. The van der Waals surface area contributed by atoms with E-state index in [0.29, 0.717) is 41.0 Å². The van der Waals surface area contributed by atoms with Crippen LogP contribution in [-0.4, -0.2) is 65.5 Å². The summed E-state index contributed by atoms with van der Waals surface area (Å²) in [6.07, 6.45) is 4.67. The molecule has 0 aliphatic carbocycles. The molecule has 0 spiro atoms. The van der Waals surface area contributed by atoms with Crippen LogP contribution in [0.5, 0.6) is 0 Å². The van der Waals surface area contributed by atoms with Crippen molar-refractivity contribution in [3.8, 4) is 0 Å². The topological polar surface area (TPSA) is 86.8 Å². The number of carbonyl (C=O) groups excluding carboxylic acids is 1. The van der Waals surface area contributed by atoms with E-state index < -0.39 is 12.5 Å². The van der Waals surface area contributed by atoms with Crippen molar-refractivity contribution in [2.75, 3.05) is 20.6 Å². The zero-order valence-corrected chi connectivity index (χ0v) is 19.8. The lowest BCUT2D eigenvalue weighted by Gasteiger charge is -2.33. The van der Waals surface area contributed by atoms with Gasteiger partial charge in [0.15, 0.2) is 0 Å². The minimum absolute atomic E-state index is 0.108. The number of aromatic amines is 1. The summed E-state index contributed by atoms with van der Waals surface area (Å²) in [5.41, 5.74) is 4.49. The van der Waals surface area contributed by atoms with Gasteiger partial charge in [0.1, 0.15) is 6.04 Å². The normalized spacial score (nSPS) is 15.9. The highest BCUT2D eigenvalue weighted by atomic mass is 19.3. The van der Waals surface area contributed by atoms with E-state index in [1.807, 2.05) is 32.4 Å². The molecular formula is C25H24F2N8O. The number of rotatable bonds is 5. The summed E-state index contributed by atoms with van der Waals surface area (Å²) in [7, 11) is 3.98. The van der Waals surface area contributed by atoms with Gasteiger partial charge in [0, 0.05) is 43.2 Å². The molecule has 1 aliphatic heterocycles. The van der Waals surface area contributed by atoms with Crippen LogP contribution in [0.15, 0.2) is 55.2 Å². The molecule has 1 unspecified atom stereocenters. The molecule has 1 N–H and O–H groups in total. The zero-order valence-electron chi connectivity index (χ0n) is 19.8. The van der Waals surface area contributed by atoms with Crippen molar-refractivity contribution in [3.63, 3.8) is 0 Å². The van der Waals surface area contributed by atoms with Crippen molar-refractivity contribution < 1.29 is 13.6 Å². The number of alkyl halides is 2. The first-order chi connectivity index (χ1) is 17.4. The third-order valence-electron chi connectivity index (χ3n) is 6.56. The predicted octanol–water partition coefficient (Wildman–Crippen LogP) is 3.49. The minimum atomic E-state index is -2.64. The monoisotopic (exact) mass is 490 g/mol. The number of pyridine rings is 2. The third kappa shape index (κ3) is 3.63. The molecule has 6 heterocycles. The van der Waals surface area contributed by atoms with Gasteiger partial charge in [0.05, 0.1) is 40.5 Å². The van der Waals surface area contributed by atoms with Crippen molar-refractivity contribution in [1.29, 1.82) is 0 Å². The lowest BCUT2D eigenvalue weighted by Crippen LogP contribution is -2.41. The van der Waals surface area contributed by atoms with Gasteiger partial charge in [-0.2, -0.15) is 10.2 Å². The molecule has 5 aromatic heterocycles. The molecule has 0 fully saturated rings. The fourth-order valence-electron chi connectivity index (χ4n) is 4.97. The molecular weight excluding hydrogens is 466 g/mol. The van der Waals surface area contributed by atoms with E-state index in [4.69, 9.17) is 0 Å². The molecule has 0 saturated heterocycles. The molecule has 5 aromatic rings. The smallest absolute Gasteiger partial charge is 0.265 e. The van der Waals surface area contributed by atoms with Crippen LogP contribution in [0.25, 0.3) is 11.0 Å². The second-order valence-corrected chi connectivity index (χ2v) is 9.24. The van der Waals surface area contributed by atoms with Crippen LogP contribution in [0, 0.1) is 0 Å². The molecule has 1 amide bonds. The zero-order chi connectivity index (χ0) is 25.0. The minimum Gasteiger partial charge on any atom is -0.348 e. The van der Waals surface area contributed by atoms with E-state index in [9.17, 15) is 13.6 Å². The van der Waals surface area contributed by atoms with E-state index in [-0.39, 0.29) is 11.5 Å². The Morgan fingerprint density at radius 1 is 1.22 bits per heavy atom. The van der Waals surface area contributed by atoms with Crippen molar-refractivity contribution in [2.45, 2.75) is 25.4 Å². The van der Waals surface area contributed by atoms with Gasteiger partial charge in [-0.25, -0.2) is 22.8 Å². The summed E-state index contributed by atoms with van der Waals surface area (Å²) in [6, 6.07) is 7.82. The average molecular weight is 491 g/mol. The van der Waals surface area contributed by atoms with E-state index in [1.165, 1.54) is 10.6 Å². The van der Waals surface area contributed by atoms with Crippen molar-refractivity contribution >= 4 is 16.9 Å². The Labute approximate surface area is 205 Å². The van der Waals surface area contributed by atoms with Gasteiger partial charge < -0.3 is 14.8 Å². The van der Waals surface area contributed by atoms with E-state index in [0.717, 1.165) is 17.8 Å². The number of fused-ring (bicyclic) bond motifs is 3. The highest BCUT2D eigenvalue weighted by Crippen LogP contribution is 2.36. The van der Waals surface area contributed by atoms with Crippen LogP contribution in [0.4, 0.5) is 8.78 Å². The summed E-state index contributed by atoms with van der Waals surface area (Å²) in [4.78, 5) is 25.3. The van der Waals surface area contributed by atoms with Crippen molar-refractivity contribution in [1.82, 2.24) is 39.0 Å². The van der Waals surface area contributed by atoms with Gasteiger partial charge in [-0.15, -0.1) is 0 Å². The molecule has 36 heavy (non-hydrogen) atoms. The number of nitrogens with zero attached hydrogens (tertiary/aromatic N) is 7. The Morgan fingerprint density at radius 3 is 2.89 bits per heavy atom. The Bertz CT molecular complexity index is 1580. The molecule has 0 saturated carbocycles. The maximum absolute atomic E-state index is 13.9. The number of carbonyl (C=O) groups is 1. The van der Waals surface area contributed by atoms with Gasteiger partial charge in [-0.1, -0.05) is 6.07 Å². The fraction of sp³-hybridized carbons (Fsp3) is 0.280. The molecule has 11 heteroatoms. The second-order valence-electron chi connectivity index (χ2n) is 9.24. The van der Waals surface area contributed by atoms with Gasteiger partial charge in [-0.3, -0.25) is 4.79 Å². The lowest BCUT2D eigenvalue weighted by molar-refractivity contribution is 0.0689. The number of nitrogens with one attached hydrogen (secondary N) is 1. The number of halogens is 2. The summed E-state index contributed by atoms with van der Waals surface area (Å²) < 4.78 is 30.4. The summed E-state index contributed by atoms with van der Waals surface area (Å²) in [6.45, 7) is 1.17. The summed E-state index contributed by atoms with van der Waals surface area (Å²) >= 11 is 0. The third-order valence-corrected chi connectivity index (χ3v) is 6.56. The van der Waals surface area contributed by atoms with Gasteiger partial charge in [0.2, 0.25) is 0 Å². The quantitative estimate of drug-likeness (QED) is 0.408. The number of hydrogen-bond acceptors (Lipinski definition) is 5. The van der Waals surface area contributed by atoms with Gasteiger partial charge in [-0.05, 0) is 43.9 Å². The van der Waals surface area contributed by atoms with Crippen molar-refractivity contribution in [3.05, 3.63) is 89.0 Å². The first-order valence-corrected chi connectivity index (χ1v) is 11.6. The highest BCUT2D eigenvalue weighted by Gasteiger charge is 2.37. The first kappa shape index (κ1) is 22.4. The number of H-pyrrole nitrogens is 1. The molecule has 6 rings (SSSR count). The van der Waals surface area contributed by atoms with Crippen LogP contribution in [0.3, 0.4) is 0 Å². The fourth-order valence-corrected chi connectivity index (χ4v) is 4.97. The number of imidazole rings is 1. The highest BCUT2D eigenvalue weighted by molar-refractivity contribution is 6.01. The van der Waals surface area contributed by atoms with E-state index in [2.05, 4.69) is 25.1 Å². The molecule has 0 radical (unpaired) electrons. The maximum Gasteiger partial charge on any atom is 0.265 e. The van der Waals surface area contributed by atoms with Gasteiger partial charge >= 0.3 is 0 Å². The largest absolute Gasteiger partial charge is 0.348 e. The predicted molar refractivity (Wildman–Crippen MR) is 128 cm³/mol. The standard InChI is InChI=1S/C25H24F2N8O/c1-32(2)12-15-5-6-20-17(11-30-35(20)13-15)25(36)33-9-7-18-22(29-14-28-18)23(33)19-10-21-16(24(26)27)4-3-8-34(21)31-19/h3-6,8,10-11,13-14,23-24H,7,9,12H2,1-2H3,(H,28,29). The Hall–Kier alpha value is -4.12. The summed E-state index contributed by atoms with van der Waals surface area (Å²) in [5.74, 6) is -0.213. The Kier molecular flexibility index (Phi) is 5.29. The Morgan fingerprint density at radius 2 is 2.08 bits per heavy atom. The molecule has 0 aromatic carbocycles. The Balaban J connectivity index is 1.43. The van der Waals surface area contributed by atoms with Crippen molar-refractivity contribution in [2.24, 2.45) is 0 Å². The molecule has 9 nitrogen and oxygen atoms in total. The van der Waals surface area contributed by atoms with E-state index >= 15 is 0 Å².